The molecule has 1 aromatic rings. The Hall–Kier alpha value is -0.900. The highest BCUT2D eigenvalue weighted by molar-refractivity contribution is 5.24. The van der Waals surface area contributed by atoms with Crippen LogP contribution in [0.4, 0.5) is 0 Å². The zero-order chi connectivity index (χ0) is 14.6. The third-order valence-electron chi connectivity index (χ3n) is 3.45. The molecule has 0 fully saturated rings. The van der Waals surface area contributed by atoms with Crippen LogP contribution < -0.4 is 5.32 Å². The summed E-state index contributed by atoms with van der Waals surface area (Å²) in [6, 6.07) is 9.31. The van der Waals surface area contributed by atoms with Gasteiger partial charge in [0.1, 0.15) is 0 Å². The summed E-state index contributed by atoms with van der Waals surface area (Å²) in [7, 11) is 0. The molecule has 20 heavy (non-hydrogen) atoms. The van der Waals surface area contributed by atoms with Crippen molar-refractivity contribution in [2.24, 2.45) is 0 Å². The van der Waals surface area contributed by atoms with Crippen LogP contribution in [0.5, 0.6) is 0 Å². The SMILES string of the molecule is CCCCc1ccc(C(C)NCCCOCCO)cc1. The summed E-state index contributed by atoms with van der Waals surface area (Å²) in [4.78, 5) is 0. The average Bonchev–Trinajstić information content (AvgIpc) is 2.49. The van der Waals surface area contributed by atoms with Crippen LogP contribution in [0.15, 0.2) is 24.3 Å². The molecule has 0 spiro atoms. The highest BCUT2D eigenvalue weighted by atomic mass is 16.5. The highest BCUT2D eigenvalue weighted by Gasteiger charge is 2.04. The quantitative estimate of drug-likeness (QED) is 0.612. The predicted molar refractivity (Wildman–Crippen MR) is 84.0 cm³/mol. The lowest BCUT2D eigenvalue weighted by atomic mass is 10.0. The van der Waals surface area contributed by atoms with Gasteiger partial charge in [-0.05, 0) is 43.9 Å². The molecule has 0 bridgehead atoms. The Morgan fingerprint density at radius 3 is 2.55 bits per heavy atom. The third kappa shape index (κ3) is 7.04. The van der Waals surface area contributed by atoms with Gasteiger partial charge in [0.15, 0.2) is 0 Å². The van der Waals surface area contributed by atoms with E-state index in [9.17, 15) is 0 Å². The van der Waals surface area contributed by atoms with Crippen molar-refractivity contribution in [2.75, 3.05) is 26.4 Å². The van der Waals surface area contributed by atoms with Crippen molar-refractivity contribution in [3.05, 3.63) is 35.4 Å². The number of unbranched alkanes of at least 4 members (excludes halogenated alkanes) is 1. The molecule has 3 nitrogen and oxygen atoms in total. The van der Waals surface area contributed by atoms with Gasteiger partial charge in [0.05, 0.1) is 13.2 Å². The molecule has 1 rings (SSSR count). The first kappa shape index (κ1) is 17.2. The van der Waals surface area contributed by atoms with E-state index in [0.29, 0.717) is 19.3 Å². The van der Waals surface area contributed by atoms with E-state index in [0.717, 1.165) is 13.0 Å². The molecule has 2 N–H and O–H groups in total. The average molecular weight is 279 g/mol. The Kier molecular flexibility index (Phi) is 9.29. The van der Waals surface area contributed by atoms with Crippen molar-refractivity contribution in [1.82, 2.24) is 5.32 Å². The van der Waals surface area contributed by atoms with E-state index in [1.54, 1.807) is 0 Å². The van der Waals surface area contributed by atoms with Crippen molar-refractivity contribution in [3.63, 3.8) is 0 Å². The number of aliphatic hydroxyl groups excluding tert-OH is 1. The molecule has 0 saturated heterocycles. The van der Waals surface area contributed by atoms with E-state index in [-0.39, 0.29) is 6.61 Å². The number of hydrogen-bond donors (Lipinski definition) is 2. The molecule has 0 aliphatic carbocycles. The first-order valence-electron chi connectivity index (χ1n) is 7.78. The maximum absolute atomic E-state index is 8.60. The molecular formula is C17H29NO2. The minimum absolute atomic E-state index is 0.105. The number of benzene rings is 1. The van der Waals surface area contributed by atoms with E-state index >= 15 is 0 Å². The minimum atomic E-state index is 0.105. The Labute approximate surface area is 123 Å². The Morgan fingerprint density at radius 1 is 1.15 bits per heavy atom. The molecule has 1 atom stereocenters. The highest BCUT2D eigenvalue weighted by Crippen LogP contribution is 2.14. The van der Waals surface area contributed by atoms with Crippen LogP contribution >= 0.6 is 0 Å². The van der Waals surface area contributed by atoms with Gasteiger partial charge in [0, 0.05) is 12.6 Å². The number of nitrogens with one attached hydrogen (secondary N) is 1. The van der Waals surface area contributed by atoms with Gasteiger partial charge in [0.2, 0.25) is 0 Å². The lowest BCUT2D eigenvalue weighted by Crippen LogP contribution is -2.21. The van der Waals surface area contributed by atoms with Crippen LogP contribution in [0.3, 0.4) is 0 Å². The molecule has 0 aliphatic rings. The lowest BCUT2D eigenvalue weighted by Gasteiger charge is -2.15. The monoisotopic (exact) mass is 279 g/mol. The molecular weight excluding hydrogens is 250 g/mol. The lowest BCUT2D eigenvalue weighted by molar-refractivity contribution is 0.0904. The number of ether oxygens (including phenoxy) is 1. The Balaban J connectivity index is 2.23. The summed E-state index contributed by atoms with van der Waals surface area (Å²) >= 11 is 0. The largest absolute Gasteiger partial charge is 0.394 e. The number of aryl methyl sites for hydroxylation is 1. The van der Waals surface area contributed by atoms with E-state index < -0.39 is 0 Å². The minimum Gasteiger partial charge on any atom is -0.394 e. The van der Waals surface area contributed by atoms with Crippen molar-refractivity contribution in [3.8, 4) is 0 Å². The van der Waals surface area contributed by atoms with Crippen molar-refractivity contribution >= 4 is 0 Å². The summed E-state index contributed by atoms with van der Waals surface area (Å²) < 4.78 is 5.23. The van der Waals surface area contributed by atoms with E-state index in [2.05, 4.69) is 43.4 Å². The van der Waals surface area contributed by atoms with Crippen LogP contribution in [0.2, 0.25) is 0 Å². The fourth-order valence-corrected chi connectivity index (χ4v) is 2.13. The zero-order valence-electron chi connectivity index (χ0n) is 12.9. The van der Waals surface area contributed by atoms with Crippen LogP contribution in [-0.4, -0.2) is 31.5 Å². The standard InChI is InChI=1S/C17H29NO2/c1-3-4-6-16-7-9-17(10-8-16)15(2)18-11-5-13-20-14-12-19/h7-10,15,18-19H,3-6,11-14H2,1-2H3. The Morgan fingerprint density at radius 2 is 1.90 bits per heavy atom. The molecule has 0 aliphatic heterocycles. The van der Waals surface area contributed by atoms with Gasteiger partial charge in [-0.1, -0.05) is 37.6 Å². The second kappa shape index (κ2) is 10.8. The van der Waals surface area contributed by atoms with Crippen molar-refractivity contribution < 1.29 is 9.84 Å². The van der Waals surface area contributed by atoms with Gasteiger partial charge in [-0.2, -0.15) is 0 Å². The molecule has 1 aromatic carbocycles. The molecule has 3 heteroatoms. The van der Waals surface area contributed by atoms with Gasteiger partial charge in [0.25, 0.3) is 0 Å². The van der Waals surface area contributed by atoms with Crippen molar-refractivity contribution in [1.29, 1.82) is 0 Å². The van der Waals surface area contributed by atoms with Crippen LogP contribution in [0.1, 0.15) is 50.3 Å². The fraction of sp³-hybridized carbons (Fsp3) is 0.647. The van der Waals surface area contributed by atoms with Gasteiger partial charge in [-0.3, -0.25) is 0 Å². The molecule has 0 aromatic heterocycles. The number of aliphatic hydroxyl groups is 1. The van der Waals surface area contributed by atoms with E-state index in [4.69, 9.17) is 9.84 Å². The second-order valence-corrected chi connectivity index (χ2v) is 5.21. The van der Waals surface area contributed by atoms with E-state index in [1.165, 1.54) is 30.4 Å². The Bertz CT molecular complexity index is 337. The van der Waals surface area contributed by atoms with Crippen molar-refractivity contribution in [2.45, 2.75) is 45.6 Å². The third-order valence-corrected chi connectivity index (χ3v) is 3.45. The first-order chi connectivity index (χ1) is 9.77. The van der Waals surface area contributed by atoms with Gasteiger partial charge >= 0.3 is 0 Å². The van der Waals surface area contributed by atoms with Crippen LogP contribution in [0.25, 0.3) is 0 Å². The van der Waals surface area contributed by atoms with Crippen LogP contribution in [0, 0.1) is 0 Å². The number of hydrogen-bond acceptors (Lipinski definition) is 3. The summed E-state index contributed by atoms with van der Waals surface area (Å²) in [5.74, 6) is 0. The van der Waals surface area contributed by atoms with E-state index in [1.807, 2.05) is 0 Å². The van der Waals surface area contributed by atoms with Gasteiger partial charge in [-0.15, -0.1) is 0 Å². The smallest absolute Gasteiger partial charge is 0.0697 e. The predicted octanol–water partition coefficient (Wildman–Crippen LogP) is 3.08. The summed E-state index contributed by atoms with van der Waals surface area (Å²) in [6.07, 6.45) is 4.67. The maximum atomic E-state index is 8.60. The first-order valence-corrected chi connectivity index (χ1v) is 7.78. The molecule has 114 valence electrons. The molecule has 0 heterocycles. The second-order valence-electron chi connectivity index (χ2n) is 5.21. The van der Waals surface area contributed by atoms with Gasteiger partial charge < -0.3 is 15.2 Å². The molecule has 1 unspecified atom stereocenters. The zero-order valence-corrected chi connectivity index (χ0v) is 12.9. The topological polar surface area (TPSA) is 41.5 Å². The normalized spacial score (nSPS) is 12.6. The molecule has 0 radical (unpaired) electrons. The summed E-state index contributed by atoms with van der Waals surface area (Å²) in [5, 5.41) is 12.1. The number of rotatable bonds is 11. The molecule has 0 amide bonds. The maximum Gasteiger partial charge on any atom is 0.0697 e. The van der Waals surface area contributed by atoms with Gasteiger partial charge in [-0.25, -0.2) is 0 Å². The summed E-state index contributed by atoms with van der Waals surface area (Å²) in [6.45, 7) is 6.60. The molecule has 0 saturated carbocycles. The summed E-state index contributed by atoms with van der Waals surface area (Å²) in [5.41, 5.74) is 2.77. The van der Waals surface area contributed by atoms with Crippen LogP contribution in [-0.2, 0) is 11.2 Å². The fourth-order valence-electron chi connectivity index (χ4n) is 2.13.